The van der Waals surface area contributed by atoms with Crippen molar-refractivity contribution in [3.05, 3.63) is 46.3 Å². The number of rotatable bonds is 12. The lowest BCUT2D eigenvalue weighted by molar-refractivity contribution is -0.143. The molecule has 39 heavy (non-hydrogen) atoms. The van der Waals surface area contributed by atoms with Crippen LogP contribution in [0.4, 0.5) is 10.1 Å². The molecule has 210 valence electrons. The summed E-state index contributed by atoms with van der Waals surface area (Å²) < 4.78 is 31.8. The van der Waals surface area contributed by atoms with Crippen molar-refractivity contribution >= 4 is 23.3 Å². The number of hydrogen-bond donors (Lipinski definition) is 3. The molecule has 2 heterocycles. The maximum Gasteiger partial charge on any atom is 0.329 e. The van der Waals surface area contributed by atoms with E-state index in [1.807, 2.05) is 11.8 Å². The molecular weight excluding hydrogens is 509 g/mol. The molecule has 0 spiro atoms. The lowest BCUT2D eigenvalue weighted by atomic mass is 10.0. The summed E-state index contributed by atoms with van der Waals surface area (Å²) in [7, 11) is 0. The Morgan fingerprint density at radius 2 is 1.90 bits per heavy atom. The van der Waals surface area contributed by atoms with E-state index in [-0.39, 0.29) is 60.2 Å². The summed E-state index contributed by atoms with van der Waals surface area (Å²) in [4.78, 5) is 27.7. The Morgan fingerprint density at radius 1 is 1.15 bits per heavy atom. The average Bonchev–Trinajstić information content (AvgIpc) is 3.49. The van der Waals surface area contributed by atoms with Crippen molar-refractivity contribution in [3.63, 3.8) is 0 Å². The van der Waals surface area contributed by atoms with Gasteiger partial charge in [0.25, 0.3) is 0 Å². The normalized spacial score (nSPS) is 16.5. The lowest BCUT2D eigenvalue weighted by Gasteiger charge is -2.23. The number of nitrogens with zero attached hydrogens (tertiary/aromatic N) is 2. The van der Waals surface area contributed by atoms with E-state index in [0.29, 0.717) is 54.9 Å². The summed E-state index contributed by atoms with van der Waals surface area (Å²) in [5.74, 6) is -1.80. The van der Waals surface area contributed by atoms with Gasteiger partial charge in [-0.25, -0.2) is 9.18 Å². The van der Waals surface area contributed by atoms with Gasteiger partial charge in [-0.1, -0.05) is 6.92 Å². The van der Waals surface area contributed by atoms with E-state index in [1.54, 1.807) is 32.0 Å². The highest BCUT2D eigenvalue weighted by Crippen LogP contribution is 2.39. The van der Waals surface area contributed by atoms with Gasteiger partial charge in [-0.15, -0.1) is 0 Å². The third-order valence-corrected chi connectivity index (χ3v) is 6.91. The Balaban J connectivity index is 1.55. The van der Waals surface area contributed by atoms with Crippen molar-refractivity contribution in [3.8, 4) is 17.2 Å². The highest BCUT2D eigenvalue weighted by molar-refractivity contribution is 6.06. The molecule has 11 heteroatoms. The van der Waals surface area contributed by atoms with Gasteiger partial charge in [-0.3, -0.25) is 10.2 Å². The van der Waals surface area contributed by atoms with Gasteiger partial charge in [0.2, 0.25) is 0 Å². The molecule has 0 aliphatic carbocycles. The first-order chi connectivity index (χ1) is 18.7. The molecule has 1 atom stereocenters. The van der Waals surface area contributed by atoms with Crippen LogP contribution in [0.15, 0.2) is 18.2 Å². The van der Waals surface area contributed by atoms with Crippen molar-refractivity contribution in [1.29, 1.82) is 5.41 Å². The number of carbonyl (C=O) groups is 2. The maximum absolute atomic E-state index is 15.4. The number of aryl methyl sites for hydroxylation is 1. The van der Waals surface area contributed by atoms with E-state index < -0.39 is 18.4 Å². The van der Waals surface area contributed by atoms with Gasteiger partial charge in [-0.2, -0.15) is 0 Å². The molecule has 1 unspecified atom stereocenters. The van der Waals surface area contributed by atoms with Crippen LogP contribution in [0.25, 0.3) is 0 Å². The van der Waals surface area contributed by atoms with Gasteiger partial charge in [0.15, 0.2) is 23.1 Å². The summed E-state index contributed by atoms with van der Waals surface area (Å²) in [5.41, 5.74) is 2.08. The Labute approximate surface area is 226 Å². The van der Waals surface area contributed by atoms with Crippen LogP contribution in [0, 0.1) is 11.2 Å². The monoisotopic (exact) mass is 543 g/mol. The number of fused-ring (bicyclic) bond motifs is 1. The van der Waals surface area contributed by atoms with Gasteiger partial charge in [0, 0.05) is 25.2 Å². The number of halogens is 1. The molecule has 10 nitrogen and oxygen atoms in total. The second-order valence-electron chi connectivity index (χ2n) is 9.46. The first kappa shape index (κ1) is 28.2. The number of phenolic OH excluding ortho intramolecular Hbond substituents is 1. The van der Waals surface area contributed by atoms with E-state index >= 15 is 4.39 Å². The SMILES string of the molecule is CCOc1cc2c(c(F)c1OCC)C(=N)N(CC(=O)c1cc(CC)c(O)c(N3CCC(OCC(=O)O)C3)c1)C2. The van der Waals surface area contributed by atoms with E-state index in [2.05, 4.69) is 0 Å². The molecule has 1 fully saturated rings. The molecule has 2 aromatic rings. The predicted octanol–water partition coefficient (Wildman–Crippen LogP) is 3.59. The van der Waals surface area contributed by atoms with Crippen molar-refractivity contribution in [1.82, 2.24) is 4.90 Å². The summed E-state index contributed by atoms with van der Waals surface area (Å²) in [6.07, 6.45) is 0.782. The highest BCUT2D eigenvalue weighted by atomic mass is 19.1. The molecule has 0 aromatic heterocycles. The van der Waals surface area contributed by atoms with Crippen LogP contribution in [0.1, 0.15) is 54.2 Å². The molecule has 0 amide bonds. The van der Waals surface area contributed by atoms with Crippen molar-refractivity contribution in [2.24, 2.45) is 0 Å². The largest absolute Gasteiger partial charge is 0.505 e. The summed E-state index contributed by atoms with van der Waals surface area (Å²) >= 11 is 0. The van der Waals surface area contributed by atoms with Crippen molar-refractivity contribution in [2.75, 3.05) is 44.4 Å². The number of phenols is 1. The number of carboxylic acids is 1. The number of aliphatic carboxylic acids is 1. The van der Waals surface area contributed by atoms with E-state index in [1.165, 1.54) is 4.90 Å². The number of hydrogen-bond acceptors (Lipinski definition) is 8. The Hall–Kier alpha value is -3.86. The van der Waals surface area contributed by atoms with Gasteiger partial charge >= 0.3 is 5.97 Å². The standard InChI is InChI=1S/C28H34FN3O7/c1-4-16-9-17(10-20(26(16)36)31-8-7-19(13-31)39-15-23(34)35)21(33)14-32-12-18-11-22(37-5-2)27(38-6-3)25(29)24(18)28(32)30/h9-11,19,30,36H,4-8,12-15H2,1-3H3,(H,34,35). The van der Waals surface area contributed by atoms with Gasteiger partial charge in [-0.05, 0) is 56.0 Å². The average molecular weight is 544 g/mol. The summed E-state index contributed by atoms with van der Waals surface area (Å²) in [6, 6.07) is 4.92. The van der Waals surface area contributed by atoms with Gasteiger partial charge in [0.1, 0.15) is 18.2 Å². The van der Waals surface area contributed by atoms with Crippen LogP contribution in [0.5, 0.6) is 17.2 Å². The number of aromatic hydroxyl groups is 1. The Bertz CT molecular complexity index is 1280. The highest BCUT2D eigenvalue weighted by Gasteiger charge is 2.34. The van der Waals surface area contributed by atoms with Crippen molar-refractivity contribution < 1.29 is 38.4 Å². The molecule has 0 bridgehead atoms. The van der Waals surface area contributed by atoms with Gasteiger partial charge in [0.05, 0.1) is 37.1 Å². The smallest absolute Gasteiger partial charge is 0.329 e. The van der Waals surface area contributed by atoms with Crippen LogP contribution in [-0.4, -0.2) is 78.3 Å². The second-order valence-corrected chi connectivity index (χ2v) is 9.46. The van der Waals surface area contributed by atoms with E-state index in [0.717, 1.165) is 0 Å². The maximum atomic E-state index is 15.4. The lowest BCUT2D eigenvalue weighted by Crippen LogP contribution is -2.31. The Morgan fingerprint density at radius 3 is 2.56 bits per heavy atom. The summed E-state index contributed by atoms with van der Waals surface area (Å²) in [6.45, 7) is 6.50. The number of anilines is 1. The fourth-order valence-corrected chi connectivity index (χ4v) is 5.04. The minimum absolute atomic E-state index is 0.0388. The van der Waals surface area contributed by atoms with E-state index in [4.69, 9.17) is 24.7 Å². The molecule has 0 radical (unpaired) electrons. The summed E-state index contributed by atoms with van der Waals surface area (Å²) in [5, 5.41) is 28.4. The zero-order chi connectivity index (χ0) is 28.3. The minimum atomic E-state index is -1.05. The van der Waals surface area contributed by atoms with Crippen LogP contribution in [0.3, 0.4) is 0 Å². The number of Topliss-reactive ketones (excluding diaryl/α,β-unsaturated/α-hetero) is 1. The third-order valence-electron chi connectivity index (χ3n) is 6.91. The fourth-order valence-electron chi connectivity index (χ4n) is 5.04. The van der Waals surface area contributed by atoms with Crippen LogP contribution >= 0.6 is 0 Å². The van der Waals surface area contributed by atoms with Crippen LogP contribution in [0.2, 0.25) is 0 Å². The second kappa shape index (κ2) is 11.9. The quantitative estimate of drug-likeness (QED) is 0.344. The zero-order valence-electron chi connectivity index (χ0n) is 22.4. The van der Waals surface area contributed by atoms with Crippen LogP contribution in [-0.2, 0) is 22.5 Å². The van der Waals surface area contributed by atoms with E-state index in [9.17, 15) is 14.7 Å². The Kier molecular flexibility index (Phi) is 8.59. The van der Waals surface area contributed by atoms with Crippen molar-refractivity contribution in [2.45, 2.75) is 46.3 Å². The molecule has 3 N–H and O–H groups in total. The number of ketones is 1. The number of ether oxygens (including phenoxy) is 3. The van der Waals surface area contributed by atoms with Gasteiger partial charge < -0.3 is 34.2 Å². The molecule has 2 aromatic carbocycles. The third kappa shape index (κ3) is 5.78. The van der Waals surface area contributed by atoms with Crippen LogP contribution < -0.4 is 14.4 Å². The fraction of sp³-hybridized carbons (Fsp3) is 0.464. The molecule has 1 saturated heterocycles. The molecule has 4 rings (SSSR count). The minimum Gasteiger partial charge on any atom is -0.505 e. The predicted molar refractivity (Wildman–Crippen MR) is 142 cm³/mol. The zero-order valence-corrected chi connectivity index (χ0v) is 22.4. The topological polar surface area (TPSA) is 133 Å². The number of carbonyl (C=O) groups excluding carboxylic acids is 1. The number of carboxylic acid groups (broad SMARTS) is 1. The molecule has 2 aliphatic rings. The number of nitrogens with one attached hydrogen (secondary N) is 1. The molecule has 0 saturated carbocycles. The number of benzene rings is 2. The first-order valence-electron chi connectivity index (χ1n) is 13.1. The molecule has 2 aliphatic heterocycles. The first-order valence-corrected chi connectivity index (χ1v) is 13.1. The molecular formula is C28H34FN3O7. The number of amidine groups is 1.